The van der Waals surface area contributed by atoms with Gasteiger partial charge in [-0.05, 0) is 24.6 Å². The predicted octanol–water partition coefficient (Wildman–Crippen LogP) is 2.74. The van der Waals surface area contributed by atoms with Gasteiger partial charge < -0.3 is 5.11 Å². The van der Waals surface area contributed by atoms with Crippen LogP contribution in [-0.2, 0) is 0 Å². The molecule has 0 aliphatic heterocycles. The molecule has 0 unspecified atom stereocenters. The number of hydrogen-bond donors (Lipinski definition) is 1. The van der Waals surface area contributed by atoms with Crippen molar-refractivity contribution in [2.45, 2.75) is 22.3 Å². The van der Waals surface area contributed by atoms with Crippen molar-refractivity contribution in [3.63, 3.8) is 0 Å². The van der Waals surface area contributed by atoms with Crippen LogP contribution in [-0.4, -0.2) is 15.3 Å². The molecule has 0 radical (unpaired) electrons. The Labute approximate surface area is 96.2 Å². The highest BCUT2D eigenvalue weighted by molar-refractivity contribution is 8.01. The first-order valence-electron chi connectivity index (χ1n) is 4.48. The summed E-state index contributed by atoms with van der Waals surface area (Å²) in [5.41, 5.74) is 2.64. The van der Waals surface area contributed by atoms with Gasteiger partial charge in [0.2, 0.25) is 0 Å². The lowest BCUT2D eigenvalue weighted by Crippen LogP contribution is -1.89. The zero-order chi connectivity index (χ0) is 10.7. The van der Waals surface area contributed by atoms with Gasteiger partial charge in [-0.3, -0.25) is 0 Å². The van der Waals surface area contributed by atoms with E-state index in [4.69, 9.17) is 0 Å². The molecule has 2 aromatic rings. The second kappa shape index (κ2) is 4.74. The van der Waals surface area contributed by atoms with Gasteiger partial charge in [0, 0.05) is 4.90 Å². The third-order valence-electron chi connectivity index (χ3n) is 1.91. The van der Waals surface area contributed by atoms with Crippen molar-refractivity contribution in [1.29, 1.82) is 0 Å². The van der Waals surface area contributed by atoms with Crippen LogP contribution in [0.3, 0.4) is 0 Å². The molecule has 0 spiro atoms. The minimum Gasteiger partial charge on any atom is -0.389 e. The number of aromatic nitrogens is 2. The van der Waals surface area contributed by atoms with Gasteiger partial charge in [0.05, 0.1) is 6.10 Å². The van der Waals surface area contributed by atoms with E-state index in [9.17, 15) is 5.11 Å². The van der Waals surface area contributed by atoms with Crippen molar-refractivity contribution in [2.24, 2.45) is 0 Å². The summed E-state index contributed by atoms with van der Waals surface area (Å²) < 4.78 is 0.930. The molecule has 2 rings (SSSR count). The molecule has 0 saturated heterocycles. The van der Waals surface area contributed by atoms with Gasteiger partial charge >= 0.3 is 0 Å². The average Bonchev–Trinajstić information content (AvgIpc) is 2.71. The van der Waals surface area contributed by atoms with Gasteiger partial charge in [-0.15, -0.1) is 10.2 Å². The van der Waals surface area contributed by atoms with E-state index in [1.54, 1.807) is 24.2 Å². The molecular formula is C10H10N2OS2. The predicted molar refractivity (Wildman–Crippen MR) is 61.1 cm³/mol. The first-order chi connectivity index (χ1) is 7.25. The summed E-state index contributed by atoms with van der Waals surface area (Å²) in [4.78, 5) is 1.11. The molecule has 0 amide bonds. The zero-order valence-corrected chi connectivity index (χ0v) is 9.76. The van der Waals surface area contributed by atoms with Crippen molar-refractivity contribution in [2.75, 3.05) is 0 Å². The molecular weight excluding hydrogens is 228 g/mol. The Bertz CT molecular complexity index is 411. The summed E-state index contributed by atoms with van der Waals surface area (Å²) in [6.07, 6.45) is -0.412. The van der Waals surface area contributed by atoms with E-state index in [1.165, 1.54) is 11.3 Å². The summed E-state index contributed by atoms with van der Waals surface area (Å²) >= 11 is 3.10. The molecule has 1 aromatic carbocycles. The standard InChI is InChI=1S/C10H10N2OS2/c1-7(13)8-2-4-9(5-3-8)15-10-12-11-6-14-10/h2-7,13H,1H3/t7-/m1/s1. The maximum absolute atomic E-state index is 9.34. The van der Waals surface area contributed by atoms with Crippen LogP contribution in [0, 0.1) is 0 Å². The van der Waals surface area contributed by atoms with Gasteiger partial charge in [-0.25, -0.2) is 0 Å². The quantitative estimate of drug-likeness (QED) is 0.893. The summed E-state index contributed by atoms with van der Waals surface area (Å²) in [5, 5.41) is 17.1. The Morgan fingerprint density at radius 2 is 2.07 bits per heavy atom. The summed E-state index contributed by atoms with van der Waals surface area (Å²) in [6, 6.07) is 7.81. The van der Waals surface area contributed by atoms with E-state index in [-0.39, 0.29) is 0 Å². The minimum atomic E-state index is -0.412. The summed E-state index contributed by atoms with van der Waals surface area (Å²) in [6.45, 7) is 1.76. The lowest BCUT2D eigenvalue weighted by Gasteiger charge is -2.04. The number of rotatable bonds is 3. The van der Waals surface area contributed by atoms with Crippen LogP contribution in [0.2, 0.25) is 0 Å². The van der Waals surface area contributed by atoms with E-state index >= 15 is 0 Å². The fraction of sp³-hybridized carbons (Fsp3) is 0.200. The molecule has 3 nitrogen and oxygen atoms in total. The average molecular weight is 238 g/mol. The summed E-state index contributed by atoms with van der Waals surface area (Å²) in [5.74, 6) is 0. The van der Waals surface area contributed by atoms with Crippen molar-refractivity contribution in [1.82, 2.24) is 10.2 Å². The van der Waals surface area contributed by atoms with E-state index in [2.05, 4.69) is 10.2 Å². The molecule has 78 valence electrons. The van der Waals surface area contributed by atoms with Crippen LogP contribution in [0.5, 0.6) is 0 Å². The monoisotopic (exact) mass is 238 g/mol. The number of nitrogens with zero attached hydrogens (tertiary/aromatic N) is 2. The van der Waals surface area contributed by atoms with Crippen LogP contribution in [0.4, 0.5) is 0 Å². The van der Waals surface area contributed by atoms with Crippen LogP contribution in [0.1, 0.15) is 18.6 Å². The largest absolute Gasteiger partial charge is 0.389 e. The molecule has 1 N–H and O–H groups in total. The van der Waals surface area contributed by atoms with E-state index < -0.39 is 6.10 Å². The topological polar surface area (TPSA) is 46.0 Å². The second-order valence-corrected chi connectivity index (χ2v) is 5.21. The van der Waals surface area contributed by atoms with Crippen LogP contribution in [0.25, 0.3) is 0 Å². The minimum absolute atomic E-state index is 0.412. The number of hydrogen-bond acceptors (Lipinski definition) is 5. The number of benzene rings is 1. The van der Waals surface area contributed by atoms with Crippen molar-refractivity contribution >= 4 is 23.1 Å². The maximum Gasteiger partial charge on any atom is 0.178 e. The first-order valence-corrected chi connectivity index (χ1v) is 6.17. The third-order valence-corrected chi connectivity index (χ3v) is 3.69. The van der Waals surface area contributed by atoms with Crippen LogP contribution >= 0.6 is 23.1 Å². The second-order valence-electron chi connectivity index (χ2n) is 3.05. The number of aliphatic hydroxyl groups is 1. The van der Waals surface area contributed by atoms with Gasteiger partial charge in [-0.1, -0.05) is 35.2 Å². The molecule has 1 heterocycles. The van der Waals surface area contributed by atoms with Crippen molar-refractivity contribution in [3.05, 3.63) is 35.3 Å². The van der Waals surface area contributed by atoms with E-state index in [1.807, 2.05) is 24.3 Å². The maximum atomic E-state index is 9.34. The highest BCUT2D eigenvalue weighted by Crippen LogP contribution is 2.29. The molecule has 0 aliphatic rings. The highest BCUT2D eigenvalue weighted by Gasteiger charge is 2.03. The SMILES string of the molecule is C[C@@H](O)c1ccc(Sc2nncs2)cc1. The normalized spacial score (nSPS) is 12.7. The van der Waals surface area contributed by atoms with Crippen LogP contribution in [0.15, 0.2) is 39.0 Å². The number of aliphatic hydroxyl groups excluding tert-OH is 1. The molecule has 15 heavy (non-hydrogen) atoms. The molecule has 1 aromatic heterocycles. The van der Waals surface area contributed by atoms with Crippen molar-refractivity contribution < 1.29 is 5.11 Å². The Hall–Kier alpha value is -0.910. The zero-order valence-electron chi connectivity index (χ0n) is 8.12. The molecule has 0 saturated carbocycles. The van der Waals surface area contributed by atoms with E-state index in [0.717, 1.165) is 14.8 Å². The lowest BCUT2D eigenvalue weighted by molar-refractivity contribution is 0.199. The van der Waals surface area contributed by atoms with Gasteiger partial charge in [0.1, 0.15) is 5.51 Å². The summed E-state index contributed by atoms with van der Waals surface area (Å²) in [7, 11) is 0. The molecule has 0 fully saturated rings. The Balaban J connectivity index is 2.11. The third kappa shape index (κ3) is 2.77. The lowest BCUT2D eigenvalue weighted by atomic mass is 10.1. The van der Waals surface area contributed by atoms with Crippen molar-refractivity contribution in [3.8, 4) is 0 Å². The Morgan fingerprint density at radius 3 is 2.60 bits per heavy atom. The Kier molecular flexibility index (Phi) is 3.35. The van der Waals surface area contributed by atoms with Gasteiger partial charge in [0.25, 0.3) is 0 Å². The van der Waals surface area contributed by atoms with Gasteiger partial charge in [-0.2, -0.15) is 0 Å². The Morgan fingerprint density at radius 1 is 1.33 bits per heavy atom. The molecule has 0 bridgehead atoms. The molecule has 1 atom stereocenters. The van der Waals surface area contributed by atoms with Gasteiger partial charge in [0.15, 0.2) is 4.34 Å². The van der Waals surface area contributed by atoms with E-state index in [0.29, 0.717) is 0 Å². The highest BCUT2D eigenvalue weighted by atomic mass is 32.2. The fourth-order valence-corrected chi connectivity index (χ4v) is 2.57. The van der Waals surface area contributed by atoms with Crippen LogP contribution < -0.4 is 0 Å². The smallest absolute Gasteiger partial charge is 0.178 e. The fourth-order valence-electron chi connectivity index (χ4n) is 1.12. The first kappa shape index (κ1) is 10.6. The molecule has 0 aliphatic carbocycles. The molecule has 5 heteroatoms.